The van der Waals surface area contributed by atoms with E-state index in [9.17, 15) is 9.59 Å². The summed E-state index contributed by atoms with van der Waals surface area (Å²) in [6.07, 6.45) is 0.776. The Hall–Kier alpha value is -3.80. The predicted molar refractivity (Wildman–Crippen MR) is 121 cm³/mol. The maximum Gasteiger partial charge on any atom is 0.254 e. The van der Waals surface area contributed by atoms with Crippen molar-refractivity contribution in [3.63, 3.8) is 0 Å². The minimum absolute atomic E-state index is 0.0249. The number of hydrogen-bond donors (Lipinski definition) is 1. The van der Waals surface area contributed by atoms with Crippen LogP contribution in [0.25, 0.3) is 0 Å². The van der Waals surface area contributed by atoms with Gasteiger partial charge in [0.15, 0.2) is 0 Å². The molecule has 2 aliphatic rings. The van der Waals surface area contributed by atoms with E-state index in [-0.39, 0.29) is 17.9 Å². The molecule has 2 amide bonds. The van der Waals surface area contributed by atoms with Crippen LogP contribution in [0.3, 0.4) is 0 Å². The van der Waals surface area contributed by atoms with E-state index < -0.39 is 5.92 Å². The lowest BCUT2D eigenvalue weighted by molar-refractivity contribution is -0.119. The highest BCUT2D eigenvalue weighted by molar-refractivity contribution is 6.05. The Labute approximate surface area is 186 Å². The van der Waals surface area contributed by atoms with Crippen molar-refractivity contribution in [3.8, 4) is 11.5 Å². The van der Waals surface area contributed by atoms with Gasteiger partial charge in [0.2, 0.25) is 5.91 Å². The number of amides is 2. The Kier molecular flexibility index (Phi) is 5.05. The van der Waals surface area contributed by atoms with Gasteiger partial charge in [-0.1, -0.05) is 42.5 Å². The molecular weight excluding hydrogens is 404 g/mol. The zero-order valence-corrected chi connectivity index (χ0v) is 18.0. The third-order valence-corrected chi connectivity index (χ3v) is 6.38. The Bertz CT molecular complexity index is 1210. The summed E-state index contributed by atoms with van der Waals surface area (Å²) in [5.74, 6) is 0.387. The van der Waals surface area contributed by atoms with E-state index in [1.165, 1.54) is 5.56 Å². The third kappa shape index (κ3) is 3.19. The van der Waals surface area contributed by atoms with E-state index in [0.29, 0.717) is 29.3 Å². The molecule has 2 atom stereocenters. The fourth-order valence-electron chi connectivity index (χ4n) is 4.88. The second-order valence-corrected chi connectivity index (χ2v) is 8.01. The molecule has 0 unspecified atom stereocenters. The number of rotatable bonds is 4. The van der Waals surface area contributed by atoms with Gasteiger partial charge in [-0.2, -0.15) is 0 Å². The van der Waals surface area contributed by atoms with Crippen LogP contribution < -0.4 is 14.8 Å². The molecule has 0 saturated carbocycles. The molecule has 0 fully saturated rings. The quantitative estimate of drug-likeness (QED) is 0.677. The van der Waals surface area contributed by atoms with Crippen LogP contribution >= 0.6 is 0 Å². The Morgan fingerprint density at radius 3 is 2.50 bits per heavy atom. The molecule has 0 saturated heterocycles. The second-order valence-electron chi connectivity index (χ2n) is 8.01. The van der Waals surface area contributed by atoms with E-state index in [2.05, 4.69) is 11.4 Å². The SMILES string of the molecule is COc1ccc(OC)c(NC(=O)[C@@H]2c3ccccc3C(=O)N3CCc4ccccc4[C@H]23)c1. The molecule has 2 heterocycles. The molecule has 0 bridgehead atoms. The second kappa shape index (κ2) is 8.04. The number of anilines is 1. The summed E-state index contributed by atoms with van der Waals surface area (Å²) in [5, 5.41) is 3.04. The van der Waals surface area contributed by atoms with Crippen LogP contribution in [0.15, 0.2) is 66.7 Å². The van der Waals surface area contributed by atoms with Gasteiger partial charge in [0, 0.05) is 18.2 Å². The number of ether oxygens (including phenoxy) is 2. The van der Waals surface area contributed by atoms with Crippen LogP contribution in [-0.2, 0) is 11.2 Å². The molecule has 6 heteroatoms. The van der Waals surface area contributed by atoms with Crippen LogP contribution in [0.4, 0.5) is 5.69 Å². The van der Waals surface area contributed by atoms with Crippen molar-refractivity contribution in [1.29, 1.82) is 0 Å². The summed E-state index contributed by atoms with van der Waals surface area (Å²) in [6, 6.07) is 20.4. The first kappa shape index (κ1) is 20.1. The Morgan fingerprint density at radius 1 is 0.969 bits per heavy atom. The van der Waals surface area contributed by atoms with Crippen molar-refractivity contribution >= 4 is 17.5 Å². The largest absolute Gasteiger partial charge is 0.497 e. The zero-order valence-electron chi connectivity index (χ0n) is 18.0. The van der Waals surface area contributed by atoms with Gasteiger partial charge in [-0.25, -0.2) is 0 Å². The predicted octanol–water partition coefficient (Wildman–Crippen LogP) is 4.18. The van der Waals surface area contributed by atoms with Crippen LogP contribution in [0, 0.1) is 0 Å². The lowest BCUT2D eigenvalue weighted by Gasteiger charge is -2.45. The monoisotopic (exact) mass is 428 g/mol. The number of carbonyl (C=O) groups excluding carboxylic acids is 2. The first-order chi connectivity index (χ1) is 15.6. The van der Waals surface area contributed by atoms with Crippen LogP contribution in [0.5, 0.6) is 11.5 Å². The highest BCUT2D eigenvalue weighted by Crippen LogP contribution is 2.46. The van der Waals surface area contributed by atoms with Crippen molar-refractivity contribution in [2.24, 2.45) is 0 Å². The number of nitrogens with one attached hydrogen (secondary N) is 1. The molecular formula is C26H24N2O4. The molecule has 162 valence electrons. The number of carbonyl (C=O) groups is 2. The molecule has 3 aromatic rings. The summed E-state index contributed by atoms with van der Waals surface area (Å²) in [4.78, 5) is 29.0. The first-order valence-corrected chi connectivity index (χ1v) is 10.6. The standard InChI is InChI=1S/C26H24N2O4/c1-31-17-11-12-22(32-2)21(15-17)27-25(29)23-19-9-5-6-10-20(19)26(30)28-14-13-16-7-3-4-8-18(16)24(23)28/h3-12,15,23-24H,13-14H2,1-2H3,(H,27,29)/t23-,24-/m1/s1. The molecule has 3 aromatic carbocycles. The average molecular weight is 428 g/mol. The van der Waals surface area contributed by atoms with E-state index in [4.69, 9.17) is 9.47 Å². The van der Waals surface area contributed by atoms with Crippen molar-refractivity contribution in [3.05, 3.63) is 89.0 Å². The lowest BCUT2D eigenvalue weighted by atomic mass is 9.76. The van der Waals surface area contributed by atoms with Crippen molar-refractivity contribution < 1.29 is 19.1 Å². The van der Waals surface area contributed by atoms with Gasteiger partial charge in [0.05, 0.1) is 31.9 Å². The average Bonchev–Trinajstić information content (AvgIpc) is 2.84. The maximum absolute atomic E-state index is 13.8. The molecule has 0 radical (unpaired) electrons. The molecule has 1 N–H and O–H groups in total. The van der Waals surface area contributed by atoms with Crippen LogP contribution in [0.1, 0.15) is 39.0 Å². The smallest absolute Gasteiger partial charge is 0.254 e. The number of methoxy groups -OCH3 is 2. The Balaban J connectivity index is 1.62. The minimum Gasteiger partial charge on any atom is -0.497 e. The molecule has 0 spiro atoms. The van der Waals surface area contributed by atoms with Gasteiger partial charge in [-0.05, 0) is 41.3 Å². The van der Waals surface area contributed by atoms with Crippen LogP contribution in [0.2, 0.25) is 0 Å². The highest BCUT2D eigenvalue weighted by Gasteiger charge is 2.46. The van der Waals surface area contributed by atoms with Crippen molar-refractivity contribution in [1.82, 2.24) is 4.90 Å². The summed E-state index contributed by atoms with van der Waals surface area (Å²) in [5.41, 5.74) is 4.06. The topological polar surface area (TPSA) is 67.9 Å². The van der Waals surface area contributed by atoms with Gasteiger partial charge in [-0.3, -0.25) is 9.59 Å². The number of hydrogen-bond acceptors (Lipinski definition) is 4. The van der Waals surface area contributed by atoms with Crippen LogP contribution in [-0.4, -0.2) is 37.5 Å². The number of fused-ring (bicyclic) bond motifs is 4. The molecule has 6 nitrogen and oxygen atoms in total. The summed E-state index contributed by atoms with van der Waals surface area (Å²) in [7, 11) is 3.14. The first-order valence-electron chi connectivity index (χ1n) is 10.6. The number of nitrogens with zero attached hydrogens (tertiary/aromatic N) is 1. The minimum atomic E-state index is -0.554. The molecule has 5 rings (SSSR count). The highest BCUT2D eigenvalue weighted by atomic mass is 16.5. The maximum atomic E-state index is 13.8. The van der Waals surface area contributed by atoms with Gasteiger partial charge in [-0.15, -0.1) is 0 Å². The van der Waals surface area contributed by atoms with E-state index in [1.54, 1.807) is 38.5 Å². The lowest BCUT2D eigenvalue weighted by Crippen LogP contribution is -2.49. The van der Waals surface area contributed by atoms with Crippen molar-refractivity contribution in [2.75, 3.05) is 26.1 Å². The molecule has 2 aliphatic heterocycles. The van der Waals surface area contributed by atoms with E-state index >= 15 is 0 Å². The van der Waals surface area contributed by atoms with Gasteiger partial charge >= 0.3 is 0 Å². The molecule has 32 heavy (non-hydrogen) atoms. The van der Waals surface area contributed by atoms with Gasteiger partial charge in [0.1, 0.15) is 11.5 Å². The fraction of sp³-hybridized carbons (Fsp3) is 0.231. The number of benzene rings is 3. The Morgan fingerprint density at radius 2 is 1.72 bits per heavy atom. The van der Waals surface area contributed by atoms with Gasteiger partial charge < -0.3 is 19.7 Å². The summed E-state index contributed by atoms with van der Waals surface area (Å²) >= 11 is 0. The summed E-state index contributed by atoms with van der Waals surface area (Å²) in [6.45, 7) is 0.584. The third-order valence-electron chi connectivity index (χ3n) is 6.38. The van der Waals surface area contributed by atoms with E-state index in [1.807, 2.05) is 41.3 Å². The molecule has 0 aliphatic carbocycles. The fourth-order valence-corrected chi connectivity index (χ4v) is 4.88. The summed E-state index contributed by atoms with van der Waals surface area (Å²) < 4.78 is 10.8. The van der Waals surface area contributed by atoms with Gasteiger partial charge in [0.25, 0.3) is 5.91 Å². The normalized spacial score (nSPS) is 18.8. The van der Waals surface area contributed by atoms with Crippen molar-refractivity contribution in [2.45, 2.75) is 18.4 Å². The molecule has 0 aromatic heterocycles. The van der Waals surface area contributed by atoms with E-state index in [0.717, 1.165) is 17.5 Å². The zero-order chi connectivity index (χ0) is 22.2.